The maximum absolute atomic E-state index is 11.3. The first kappa shape index (κ1) is 15.1. The Morgan fingerprint density at radius 1 is 1.53 bits per heavy atom. The van der Waals surface area contributed by atoms with Gasteiger partial charge in [-0.25, -0.2) is 14.6 Å². The van der Waals surface area contributed by atoms with Gasteiger partial charge in [0.15, 0.2) is 5.13 Å². The van der Waals surface area contributed by atoms with Gasteiger partial charge in [0, 0.05) is 11.8 Å². The Hall–Kier alpha value is -1.96. The van der Waals surface area contributed by atoms with Crippen LogP contribution in [0, 0.1) is 0 Å². The highest BCUT2D eigenvalue weighted by Crippen LogP contribution is 2.12. The van der Waals surface area contributed by atoms with Crippen LogP contribution in [-0.4, -0.2) is 27.7 Å². The number of anilines is 1. The second-order valence-electron chi connectivity index (χ2n) is 3.74. The first-order valence-corrected chi connectivity index (χ1v) is 6.65. The molecule has 0 fully saturated rings. The van der Waals surface area contributed by atoms with Crippen LogP contribution in [0.2, 0.25) is 0 Å². The van der Waals surface area contributed by atoms with E-state index in [9.17, 15) is 9.59 Å². The van der Waals surface area contributed by atoms with E-state index < -0.39 is 17.7 Å². The predicted octanol–water partition coefficient (Wildman–Crippen LogP) is 1.64. The van der Waals surface area contributed by atoms with E-state index in [0.29, 0.717) is 6.42 Å². The second-order valence-corrected chi connectivity index (χ2v) is 4.63. The molecule has 1 aromatic rings. The van der Waals surface area contributed by atoms with Crippen molar-refractivity contribution in [3.63, 3.8) is 0 Å². The van der Waals surface area contributed by atoms with Crippen molar-refractivity contribution in [1.29, 1.82) is 0 Å². The fourth-order valence-electron chi connectivity index (χ4n) is 1.25. The lowest BCUT2D eigenvalue weighted by Crippen LogP contribution is -2.16. The van der Waals surface area contributed by atoms with E-state index in [1.54, 1.807) is 0 Å². The number of nitrogen functional groups attached to an aromatic ring is 1. The molecule has 0 bridgehead atoms. The fraction of sp³-hybridized carbons (Fsp3) is 0.455. The van der Waals surface area contributed by atoms with Crippen molar-refractivity contribution < 1.29 is 19.5 Å². The summed E-state index contributed by atoms with van der Waals surface area (Å²) < 4.78 is 0. The molecule has 0 saturated heterocycles. The smallest absolute Gasteiger partial charge is 0.360 e. The molecule has 0 radical (unpaired) electrons. The molecule has 1 rings (SSSR count). The summed E-state index contributed by atoms with van der Waals surface area (Å²) in [6.45, 7) is 2.01. The number of nitrogens with two attached hydrogens (primary N) is 1. The van der Waals surface area contributed by atoms with Gasteiger partial charge in [-0.15, -0.1) is 11.3 Å². The molecule has 0 saturated carbocycles. The third kappa shape index (κ3) is 5.04. The van der Waals surface area contributed by atoms with Crippen LogP contribution in [0.1, 0.15) is 38.3 Å². The van der Waals surface area contributed by atoms with Crippen molar-refractivity contribution in [1.82, 2.24) is 4.98 Å². The van der Waals surface area contributed by atoms with E-state index in [-0.39, 0.29) is 17.2 Å². The molecular formula is C11H15N3O4S. The summed E-state index contributed by atoms with van der Waals surface area (Å²) in [5.74, 6) is -1.89. The van der Waals surface area contributed by atoms with Crippen molar-refractivity contribution in [2.45, 2.75) is 32.6 Å². The fourth-order valence-corrected chi connectivity index (χ4v) is 1.80. The third-order valence-corrected chi connectivity index (χ3v) is 2.86. The minimum absolute atomic E-state index is 0.0800. The monoisotopic (exact) mass is 285 g/mol. The number of rotatable bonds is 7. The Morgan fingerprint density at radius 2 is 2.26 bits per heavy atom. The van der Waals surface area contributed by atoms with Crippen LogP contribution in [-0.2, 0) is 14.4 Å². The molecule has 3 N–H and O–H groups in total. The molecule has 1 aromatic heterocycles. The molecular weight excluding hydrogens is 270 g/mol. The first-order chi connectivity index (χ1) is 9.04. The van der Waals surface area contributed by atoms with Crippen LogP contribution >= 0.6 is 11.3 Å². The molecule has 0 aliphatic heterocycles. The number of hydrogen-bond acceptors (Lipinski definition) is 7. The van der Waals surface area contributed by atoms with E-state index in [0.717, 1.165) is 24.2 Å². The Kier molecular flexibility index (Phi) is 5.94. The van der Waals surface area contributed by atoms with Gasteiger partial charge in [0.05, 0.1) is 0 Å². The van der Waals surface area contributed by atoms with Crippen molar-refractivity contribution in [3.8, 4) is 0 Å². The summed E-state index contributed by atoms with van der Waals surface area (Å²) in [6.07, 6.45) is 2.79. The van der Waals surface area contributed by atoms with Gasteiger partial charge in [-0.1, -0.05) is 24.9 Å². The summed E-state index contributed by atoms with van der Waals surface area (Å²) in [4.78, 5) is 30.6. The van der Waals surface area contributed by atoms with Gasteiger partial charge >= 0.3 is 11.9 Å². The van der Waals surface area contributed by atoms with E-state index in [2.05, 4.69) is 15.0 Å². The predicted molar refractivity (Wildman–Crippen MR) is 70.9 cm³/mol. The standard InChI is InChI=1S/C11H15N3O4S/c1-2-3-4-5-8(15)18-14-9(10(16)17)7-6-19-11(12)13-7/h6H,2-5H2,1H3,(H2,12,13)(H,16,17)/b14-9-. The van der Waals surface area contributed by atoms with E-state index in [1.165, 1.54) is 5.38 Å². The Labute approximate surface area is 114 Å². The number of carboxylic acid groups (broad SMARTS) is 1. The van der Waals surface area contributed by atoms with Gasteiger partial charge in [-0.05, 0) is 6.42 Å². The largest absolute Gasteiger partial charge is 0.476 e. The summed E-state index contributed by atoms with van der Waals surface area (Å²) in [5.41, 5.74) is 5.05. The zero-order chi connectivity index (χ0) is 14.3. The third-order valence-electron chi connectivity index (χ3n) is 2.19. The molecule has 0 spiro atoms. The van der Waals surface area contributed by atoms with Crippen molar-refractivity contribution >= 4 is 34.1 Å². The molecule has 0 amide bonds. The van der Waals surface area contributed by atoms with Crippen LogP contribution in [0.3, 0.4) is 0 Å². The quantitative estimate of drug-likeness (QED) is 0.340. The molecule has 0 aliphatic rings. The minimum atomic E-state index is -1.33. The average molecular weight is 285 g/mol. The number of aliphatic carboxylic acids is 1. The van der Waals surface area contributed by atoms with Gasteiger partial charge in [-0.3, -0.25) is 0 Å². The molecule has 0 atom stereocenters. The normalized spacial score (nSPS) is 11.3. The Balaban J connectivity index is 2.65. The number of oxime groups is 1. The maximum atomic E-state index is 11.3. The van der Waals surface area contributed by atoms with Crippen molar-refractivity contribution in [2.75, 3.05) is 5.73 Å². The molecule has 0 aromatic carbocycles. The number of hydrogen-bond donors (Lipinski definition) is 2. The number of nitrogens with zero attached hydrogens (tertiary/aromatic N) is 2. The lowest BCUT2D eigenvalue weighted by atomic mass is 10.2. The number of thiazole rings is 1. The van der Waals surface area contributed by atoms with Crippen molar-refractivity contribution in [2.24, 2.45) is 5.16 Å². The topological polar surface area (TPSA) is 115 Å². The molecule has 0 aliphatic carbocycles. The SMILES string of the molecule is CCCCCC(=O)O/N=C(\C(=O)O)c1csc(N)n1. The highest BCUT2D eigenvalue weighted by Gasteiger charge is 2.17. The first-order valence-electron chi connectivity index (χ1n) is 5.77. The molecule has 8 heteroatoms. The lowest BCUT2D eigenvalue weighted by Gasteiger charge is -1.99. The molecule has 0 unspecified atom stereocenters. The lowest BCUT2D eigenvalue weighted by molar-refractivity contribution is -0.143. The summed E-state index contributed by atoms with van der Waals surface area (Å²) in [5, 5.41) is 14.0. The van der Waals surface area contributed by atoms with E-state index in [1.807, 2.05) is 6.92 Å². The number of carbonyl (C=O) groups excluding carboxylic acids is 1. The summed E-state index contributed by atoms with van der Waals surface area (Å²) in [7, 11) is 0. The number of carboxylic acids is 1. The van der Waals surface area contributed by atoms with Crippen molar-refractivity contribution in [3.05, 3.63) is 11.1 Å². The van der Waals surface area contributed by atoms with Crippen LogP contribution < -0.4 is 5.73 Å². The molecule has 19 heavy (non-hydrogen) atoms. The molecule has 7 nitrogen and oxygen atoms in total. The zero-order valence-corrected chi connectivity index (χ0v) is 11.3. The van der Waals surface area contributed by atoms with E-state index >= 15 is 0 Å². The Morgan fingerprint density at radius 3 is 2.79 bits per heavy atom. The maximum Gasteiger partial charge on any atom is 0.360 e. The highest BCUT2D eigenvalue weighted by atomic mass is 32.1. The average Bonchev–Trinajstić information content (AvgIpc) is 2.76. The van der Waals surface area contributed by atoms with Crippen LogP contribution in [0.5, 0.6) is 0 Å². The molecule has 104 valence electrons. The van der Waals surface area contributed by atoms with E-state index in [4.69, 9.17) is 10.8 Å². The van der Waals surface area contributed by atoms with Crippen LogP contribution in [0.15, 0.2) is 10.5 Å². The highest BCUT2D eigenvalue weighted by molar-refractivity contribution is 7.13. The number of unbranched alkanes of at least 4 members (excludes halogenated alkanes) is 2. The second kappa shape index (κ2) is 7.47. The minimum Gasteiger partial charge on any atom is -0.476 e. The van der Waals surface area contributed by atoms with Gasteiger partial charge < -0.3 is 15.7 Å². The van der Waals surface area contributed by atoms with Crippen LogP contribution in [0.25, 0.3) is 0 Å². The van der Waals surface area contributed by atoms with Gasteiger partial charge in [-0.2, -0.15) is 0 Å². The van der Waals surface area contributed by atoms with Gasteiger partial charge in [0.1, 0.15) is 5.69 Å². The van der Waals surface area contributed by atoms with Gasteiger partial charge in [0.2, 0.25) is 5.71 Å². The number of carbonyl (C=O) groups is 2. The van der Waals surface area contributed by atoms with Crippen LogP contribution in [0.4, 0.5) is 5.13 Å². The summed E-state index contributed by atoms with van der Waals surface area (Å²) >= 11 is 1.08. The van der Waals surface area contributed by atoms with Gasteiger partial charge in [0.25, 0.3) is 0 Å². The Bertz CT molecular complexity index is 484. The number of aromatic nitrogens is 1. The molecule has 1 heterocycles. The summed E-state index contributed by atoms with van der Waals surface area (Å²) in [6, 6.07) is 0. The zero-order valence-electron chi connectivity index (χ0n) is 10.5.